The summed E-state index contributed by atoms with van der Waals surface area (Å²) in [5, 5.41) is 25.1. The van der Waals surface area contributed by atoms with Gasteiger partial charge in [-0.3, -0.25) is 0 Å². The molecule has 0 aromatic heterocycles. The van der Waals surface area contributed by atoms with Gasteiger partial charge in [-0.2, -0.15) is 0 Å². The number of carboxylic acid groups (broad SMARTS) is 3. The number of hydrogen-bond acceptors (Lipinski definition) is 4. The highest BCUT2D eigenvalue weighted by Crippen LogP contribution is 2.23. The number of rotatable bonds is 4. The number of hydrogen-bond donors (Lipinski definition) is 3. The van der Waals surface area contributed by atoms with Gasteiger partial charge in [0.2, 0.25) is 0 Å². The molecule has 0 amide bonds. The Labute approximate surface area is 71.2 Å². The Morgan fingerprint density at radius 1 is 1.00 bits per heavy atom. The number of carbonyl (C=O) groups is 3. The highest BCUT2D eigenvalue weighted by molar-refractivity contribution is 8.02. The van der Waals surface area contributed by atoms with E-state index < -0.39 is 22.7 Å². The van der Waals surface area contributed by atoms with Crippen molar-refractivity contribution in [1.82, 2.24) is 0 Å². The van der Waals surface area contributed by atoms with Crippen LogP contribution in [0.25, 0.3) is 0 Å². The minimum absolute atomic E-state index is 0.243. The van der Waals surface area contributed by atoms with E-state index >= 15 is 0 Å². The molecular formula is C5H6O6S. The summed E-state index contributed by atoms with van der Waals surface area (Å²) < 4.78 is -2.79. The van der Waals surface area contributed by atoms with Crippen LogP contribution < -0.4 is 0 Å². The Hall–Kier alpha value is -1.24. The molecule has 6 nitrogen and oxygen atoms in total. The molecule has 0 bridgehead atoms. The first kappa shape index (κ1) is 10.8. The third kappa shape index (κ3) is 1.35. The fourth-order valence-corrected chi connectivity index (χ4v) is 1.06. The van der Waals surface area contributed by atoms with Crippen molar-refractivity contribution >= 4 is 29.7 Å². The number of thioether (sulfide) groups is 1. The summed E-state index contributed by atoms with van der Waals surface area (Å²) in [7, 11) is 0. The lowest BCUT2D eigenvalue weighted by Crippen LogP contribution is -2.50. The molecule has 0 aliphatic carbocycles. The minimum Gasteiger partial charge on any atom is -0.479 e. The van der Waals surface area contributed by atoms with Crippen molar-refractivity contribution < 1.29 is 29.7 Å². The number of carboxylic acids is 3. The Bertz CT molecular complexity index is 198. The predicted octanol–water partition coefficient (Wildman–Crippen LogP) is -0.658. The third-order valence-corrected chi connectivity index (χ3v) is 2.35. The van der Waals surface area contributed by atoms with Gasteiger partial charge in [0.05, 0.1) is 0 Å². The van der Waals surface area contributed by atoms with Crippen molar-refractivity contribution in [2.75, 3.05) is 6.26 Å². The van der Waals surface area contributed by atoms with Crippen molar-refractivity contribution in [3.63, 3.8) is 0 Å². The van der Waals surface area contributed by atoms with Gasteiger partial charge in [-0.05, 0) is 6.26 Å². The van der Waals surface area contributed by atoms with Crippen LogP contribution in [0.3, 0.4) is 0 Å². The number of aliphatic carboxylic acids is 3. The summed E-state index contributed by atoms with van der Waals surface area (Å²) in [6.07, 6.45) is 1.11. The van der Waals surface area contributed by atoms with Crippen LogP contribution >= 0.6 is 11.8 Å². The van der Waals surface area contributed by atoms with E-state index in [1.807, 2.05) is 0 Å². The molecule has 68 valence electrons. The largest absolute Gasteiger partial charge is 0.479 e. The van der Waals surface area contributed by atoms with Crippen molar-refractivity contribution in [3.8, 4) is 0 Å². The molecule has 0 saturated heterocycles. The van der Waals surface area contributed by atoms with Gasteiger partial charge in [-0.1, -0.05) is 0 Å². The molecule has 0 spiro atoms. The SMILES string of the molecule is CSC(C(=O)O)(C(=O)O)C(=O)O. The first-order chi connectivity index (χ1) is 5.39. The van der Waals surface area contributed by atoms with Gasteiger partial charge in [-0.15, -0.1) is 11.8 Å². The Balaban J connectivity index is 5.19. The maximum absolute atomic E-state index is 10.4. The molecule has 0 aliphatic rings. The van der Waals surface area contributed by atoms with E-state index in [9.17, 15) is 14.4 Å². The first-order valence-electron chi connectivity index (χ1n) is 2.65. The van der Waals surface area contributed by atoms with E-state index in [0.717, 1.165) is 6.26 Å². The second-order valence-electron chi connectivity index (χ2n) is 1.80. The van der Waals surface area contributed by atoms with Crippen LogP contribution in [-0.2, 0) is 14.4 Å². The molecule has 0 atom stereocenters. The lowest BCUT2D eigenvalue weighted by Gasteiger charge is -2.16. The topological polar surface area (TPSA) is 112 Å². The van der Waals surface area contributed by atoms with E-state index in [0.29, 0.717) is 0 Å². The average molecular weight is 194 g/mol. The molecule has 0 aromatic carbocycles. The molecule has 12 heavy (non-hydrogen) atoms. The average Bonchev–Trinajstić information content (AvgIpc) is 1.86. The second kappa shape index (κ2) is 3.44. The van der Waals surface area contributed by atoms with Crippen LogP contribution in [0.1, 0.15) is 0 Å². The van der Waals surface area contributed by atoms with Crippen LogP contribution in [0.2, 0.25) is 0 Å². The summed E-state index contributed by atoms with van der Waals surface area (Å²) in [6, 6.07) is 0. The molecule has 3 N–H and O–H groups in total. The van der Waals surface area contributed by atoms with Crippen molar-refractivity contribution in [2.24, 2.45) is 0 Å². The highest BCUT2D eigenvalue weighted by atomic mass is 32.2. The first-order valence-corrected chi connectivity index (χ1v) is 3.87. The summed E-state index contributed by atoms with van der Waals surface area (Å²) in [5.41, 5.74) is 0. The second-order valence-corrected chi connectivity index (χ2v) is 2.82. The fraction of sp³-hybridized carbons (Fsp3) is 0.400. The van der Waals surface area contributed by atoms with Crippen LogP contribution in [-0.4, -0.2) is 44.2 Å². The lowest BCUT2D eigenvalue weighted by atomic mass is 10.1. The maximum atomic E-state index is 10.4. The fourth-order valence-electron chi connectivity index (χ4n) is 0.536. The summed E-state index contributed by atoms with van der Waals surface area (Å²) in [5.74, 6) is -5.68. The zero-order valence-electron chi connectivity index (χ0n) is 5.97. The quantitative estimate of drug-likeness (QED) is 0.509. The highest BCUT2D eigenvalue weighted by Gasteiger charge is 2.54. The molecule has 0 radical (unpaired) electrons. The van der Waals surface area contributed by atoms with Gasteiger partial charge < -0.3 is 15.3 Å². The summed E-state index contributed by atoms with van der Waals surface area (Å²) in [4.78, 5) is 31.1. The summed E-state index contributed by atoms with van der Waals surface area (Å²) in [6.45, 7) is 0. The molecule has 0 unspecified atom stereocenters. The maximum Gasteiger partial charge on any atom is 0.343 e. The van der Waals surface area contributed by atoms with Crippen LogP contribution in [0.5, 0.6) is 0 Å². The Kier molecular flexibility index (Phi) is 3.08. The molecule has 0 aliphatic heterocycles. The smallest absolute Gasteiger partial charge is 0.343 e. The van der Waals surface area contributed by atoms with Gasteiger partial charge in [0, 0.05) is 0 Å². The van der Waals surface area contributed by atoms with E-state index in [1.54, 1.807) is 0 Å². The van der Waals surface area contributed by atoms with E-state index in [4.69, 9.17) is 15.3 Å². The van der Waals surface area contributed by atoms with Gasteiger partial charge in [-0.25, -0.2) is 14.4 Å². The normalized spacial score (nSPS) is 10.8. The standard InChI is InChI=1S/C5H6O6S/c1-12-5(2(6)7,3(8)9)4(10)11/h1H3,(H,6,7)(H,8,9)(H,10,11). The molecule has 0 saturated carbocycles. The zero-order chi connectivity index (χ0) is 9.94. The Morgan fingerprint density at radius 2 is 1.25 bits per heavy atom. The van der Waals surface area contributed by atoms with Gasteiger partial charge in [0.1, 0.15) is 0 Å². The molecule has 0 aromatic rings. The van der Waals surface area contributed by atoms with E-state index in [-0.39, 0.29) is 11.8 Å². The lowest BCUT2D eigenvalue weighted by molar-refractivity contribution is -0.160. The van der Waals surface area contributed by atoms with Crippen LogP contribution in [0, 0.1) is 0 Å². The summed E-state index contributed by atoms with van der Waals surface area (Å²) >= 11 is 0.243. The molecule has 0 fully saturated rings. The van der Waals surface area contributed by atoms with Gasteiger partial charge in [0.15, 0.2) is 0 Å². The van der Waals surface area contributed by atoms with Gasteiger partial charge >= 0.3 is 22.7 Å². The van der Waals surface area contributed by atoms with Gasteiger partial charge in [0.25, 0.3) is 0 Å². The molecule has 0 rings (SSSR count). The van der Waals surface area contributed by atoms with Crippen LogP contribution in [0.15, 0.2) is 0 Å². The molecule has 7 heteroatoms. The van der Waals surface area contributed by atoms with Crippen molar-refractivity contribution in [3.05, 3.63) is 0 Å². The van der Waals surface area contributed by atoms with Crippen molar-refractivity contribution in [2.45, 2.75) is 4.75 Å². The monoisotopic (exact) mass is 194 g/mol. The molecule has 0 heterocycles. The third-order valence-electron chi connectivity index (χ3n) is 1.21. The predicted molar refractivity (Wildman–Crippen MR) is 39.2 cm³/mol. The van der Waals surface area contributed by atoms with E-state index in [2.05, 4.69) is 0 Å². The zero-order valence-corrected chi connectivity index (χ0v) is 6.79. The van der Waals surface area contributed by atoms with Crippen molar-refractivity contribution in [1.29, 1.82) is 0 Å². The Morgan fingerprint density at radius 3 is 1.25 bits per heavy atom. The van der Waals surface area contributed by atoms with E-state index in [1.165, 1.54) is 0 Å². The van der Waals surface area contributed by atoms with Crippen LogP contribution in [0.4, 0.5) is 0 Å². The molecular weight excluding hydrogens is 188 g/mol. The minimum atomic E-state index is -2.79.